The highest BCUT2D eigenvalue weighted by Gasteiger charge is 2.35. The molecule has 0 saturated heterocycles. The minimum Gasteiger partial charge on any atom is -0.493 e. The molecule has 2 N–H and O–H groups in total. The van der Waals surface area contributed by atoms with Crippen LogP contribution in [0.1, 0.15) is 44.4 Å². The molecule has 2 amide bonds. The zero-order valence-electron chi connectivity index (χ0n) is 20.4. The molecule has 0 fully saturated rings. The number of carbonyl (C=O) groups excluding carboxylic acids is 2. The molecule has 1 aliphatic heterocycles. The third-order valence-electron chi connectivity index (χ3n) is 5.75. The first-order chi connectivity index (χ1) is 16.9. The van der Waals surface area contributed by atoms with Crippen LogP contribution >= 0.6 is 0 Å². The van der Waals surface area contributed by atoms with Crippen LogP contribution in [0.4, 0.5) is 4.79 Å². The largest absolute Gasteiger partial charge is 0.493 e. The van der Waals surface area contributed by atoms with E-state index >= 15 is 0 Å². The Morgan fingerprint density at radius 3 is 2.57 bits per heavy atom. The van der Waals surface area contributed by atoms with Gasteiger partial charge in [0.1, 0.15) is 5.75 Å². The van der Waals surface area contributed by atoms with Crippen LogP contribution in [0.15, 0.2) is 66.0 Å². The number of hydrogen-bond acceptors (Lipinski definition) is 5. The predicted octanol–water partition coefficient (Wildman–Crippen LogP) is 4.83. The van der Waals surface area contributed by atoms with Crippen molar-refractivity contribution < 1.29 is 19.1 Å². The maximum absolute atomic E-state index is 12.9. The van der Waals surface area contributed by atoms with Gasteiger partial charge in [-0.25, -0.2) is 14.3 Å². The highest BCUT2D eigenvalue weighted by Crippen LogP contribution is 2.36. The molecule has 3 aromatic rings. The van der Waals surface area contributed by atoms with Gasteiger partial charge in [-0.05, 0) is 63.1 Å². The second-order valence-corrected chi connectivity index (χ2v) is 8.33. The van der Waals surface area contributed by atoms with Gasteiger partial charge in [-0.2, -0.15) is 5.10 Å². The highest BCUT2D eigenvalue weighted by atomic mass is 16.5. The maximum Gasteiger partial charge on any atom is 0.338 e. The minimum atomic E-state index is -0.730. The van der Waals surface area contributed by atoms with E-state index in [2.05, 4.69) is 17.6 Å². The third kappa shape index (κ3) is 5.06. The fourth-order valence-corrected chi connectivity index (χ4v) is 4.11. The number of hydrogen-bond donors (Lipinski definition) is 2. The number of esters is 1. The zero-order chi connectivity index (χ0) is 24.9. The van der Waals surface area contributed by atoms with Crippen molar-refractivity contribution >= 4 is 12.0 Å². The molecule has 0 bridgehead atoms. The van der Waals surface area contributed by atoms with Crippen LogP contribution in [-0.2, 0) is 9.53 Å². The van der Waals surface area contributed by atoms with E-state index in [1.807, 2.05) is 61.7 Å². The number of allylic oxidation sites excluding steroid dienone is 1. The average molecular weight is 475 g/mol. The summed E-state index contributed by atoms with van der Waals surface area (Å²) >= 11 is 0. The summed E-state index contributed by atoms with van der Waals surface area (Å²) in [4.78, 5) is 25.4. The fourth-order valence-electron chi connectivity index (χ4n) is 4.11. The Morgan fingerprint density at radius 1 is 1.11 bits per heavy atom. The Bertz CT molecular complexity index is 1260. The molecule has 0 aliphatic carbocycles. The van der Waals surface area contributed by atoms with Crippen molar-refractivity contribution in [3.63, 3.8) is 0 Å². The van der Waals surface area contributed by atoms with Gasteiger partial charge in [0.15, 0.2) is 0 Å². The molecule has 2 aromatic carbocycles. The van der Waals surface area contributed by atoms with Crippen molar-refractivity contribution in [1.29, 1.82) is 0 Å². The second-order valence-electron chi connectivity index (χ2n) is 8.33. The molecule has 8 nitrogen and oxygen atoms in total. The molecule has 182 valence electrons. The van der Waals surface area contributed by atoms with Crippen LogP contribution in [0, 0.1) is 6.92 Å². The molecule has 0 saturated carbocycles. The quantitative estimate of drug-likeness (QED) is 0.456. The molecule has 2 heterocycles. The molecule has 1 atom stereocenters. The number of benzene rings is 2. The average Bonchev–Trinajstić information content (AvgIpc) is 3.29. The van der Waals surface area contributed by atoms with Crippen molar-refractivity contribution in [2.75, 3.05) is 13.2 Å². The van der Waals surface area contributed by atoms with Crippen LogP contribution in [-0.4, -0.2) is 35.0 Å². The summed E-state index contributed by atoms with van der Waals surface area (Å²) in [5.41, 5.74) is 4.83. The van der Waals surface area contributed by atoms with Gasteiger partial charge in [0.2, 0.25) is 0 Å². The van der Waals surface area contributed by atoms with Crippen molar-refractivity contribution in [3.05, 3.63) is 77.1 Å². The highest BCUT2D eigenvalue weighted by molar-refractivity contribution is 5.95. The van der Waals surface area contributed by atoms with E-state index in [4.69, 9.17) is 14.6 Å². The molecule has 0 spiro atoms. The lowest BCUT2D eigenvalue weighted by Gasteiger charge is -2.27. The van der Waals surface area contributed by atoms with E-state index in [1.54, 1.807) is 18.5 Å². The third-order valence-corrected chi connectivity index (χ3v) is 5.75. The van der Waals surface area contributed by atoms with Gasteiger partial charge in [-0.1, -0.05) is 25.1 Å². The molecule has 4 rings (SSSR count). The van der Waals surface area contributed by atoms with Crippen molar-refractivity contribution in [3.8, 4) is 22.7 Å². The van der Waals surface area contributed by atoms with Gasteiger partial charge in [0.05, 0.1) is 36.2 Å². The van der Waals surface area contributed by atoms with Gasteiger partial charge >= 0.3 is 12.0 Å². The first-order valence-electron chi connectivity index (χ1n) is 11.8. The molecular formula is C27H30N4O4. The Labute approximate surface area is 204 Å². The normalized spacial score (nSPS) is 15.4. The number of aromatic nitrogens is 2. The van der Waals surface area contributed by atoms with Crippen molar-refractivity contribution in [1.82, 2.24) is 20.4 Å². The summed E-state index contributed by atoms with van der Waals surface area (Å²) in [6.45, 7) is 8.37. The number of urea groups is 1. The fraction of sp³-hybridized carbons (Fsp3) is 0.296. The van der Waals surface area contributed by atoms with E-state index in [0.29, 0.717) is 29.1 Å². The van der Waals surface area contributed by atoms with Crippen molar-refractivity contribution in [2.45, 2.75) is 40.2 Å². The van der Waals surface area contributed by atoms with Gasteiger partial charge in [-0.15, -0.1) is 0 Å². The Kier molecular flexibility index (Phi) is 7.19. The second kappa shape index (κ2) is 10.5. The number of aryl methyl sites for hydroxylation is 1. The van der Waals surface area contributed by atoms with Crippen LogP contribution in [0.3, 0.4) is 0 Å². The number of ether oxygens (including phenoxy) is 2. The van der Waals surface area contributed by atoms with Gasteiger partial charge in [-0.3, -0.25) is 0 Å². The molecule has 35 heavy (non-hydrogen) atoms. The van der Waals surface area contributed by atoms with Crippen LogP contribution in [0.2, 0.25) is 0 Å². The van der Waals surface area contributed by atoms with Crippen LogP contribution < -0.4 is 15.4 Å². The molecule has 1 aromatic heterocycles. The lowest BCUT2D eigenvalue weighted by atomic mass is 9.93. The number of para-hydroxylation sites is 1. The minimum absolute atomic E-state index is 0.227. The van der Waals surface area contributed by atoms with Crippen LogP contribution in [0.25, 0.3) is 16.9 Å². The molecular weight excluding hydrogens is 444 g/mol. The summed E-state index contributed by atoms with van der Waals surface area (Å²) in [6.07, 6.45) is 2.77. The van der Waals surface area contributed by atoms with E-state index < -0.39 is 18.0 Å². The molecule has 0 radical (unpaired) electrons. The first kappa shape index (κ1) is 24.1. The first-order valence-corrected chi connectivity index (χ1v) is 11.8. The van der Waals surface area contributed by atoms with Crippen molar-refractivity contribution in [2.24, 2.45) is 0 Å². The molecule has 8 heteroatoms. The smallest absolute Gasteiger partial charge is 0.338 e. The van der Waals surface area contributed by atoms with Gasteiger partial charge in [0.25, 0.3) is 0 Å². The monoisotopic (exact) mass is 474 g/mol. The standard InChI is InChI=1S/C27H30N4O4/c1-5-14-35-22-13-12-19(15-17(22)3)24-21(16-31(30-24)20-10-8-7-9-11-20)25-23(26(32)34-6-2)18(4)28-27(33)29-25/h7-13,15-16,25H,5-6,14H2,1-4H3,(H2,28,29,33). The van der Waals surface area contributed by atoms with Gasteiger partial charge < -0.3 is 20.1 Å². The topological polar surface area (TPSA) is 94.5 Å². The number of carbonyl (C=O) groups is 2. The Morgan fingerprint density at radius 2 is 1.89 bits per heavy atom. The summed E-state index contributed by atoms with van der Waals surface area (Å²) in [6, 6.07) is 14.5. The number of nitrogens with one attached hydrogen (secondary N) is 2. The summed E-state index contributed by atoms with van der Waals surface area (Å²) < 4.78 is 12.9. The number of rotatable bonds is 8. The maximum atomic E-state index is 12.9. The van der Waals surface area contributed by atoms with E-state index in [9.17, 15) is 9.59 Å². The van der Waals surface area contributed by atoms with E-state index in [1.165, 1.54) is 0 Å². The summed E-state index contributed by atoms with van der Waals surface area (Å²) in [7, 11) is 0. The molecule has 1 unspecified atom stereocenters. The number of amides is 2. The lowest BCUT2D eigenvalue weighted by molar-refractivity contribution is -0.139. The Balaban J connectivity index is 1.87. The summed E-state index contributed by atoms with van der Waals surface area (Å²) in [5, 5.41) is 10.5. The number of nitrogens with zero attached hydrogens (tertiary/aromatic N) is 2. The zero-order valence-corrected chi connectivity index (χ0v) is 20.4. The molecule has 1 aliphatic rings. The lowest BCUT2D eigenvalue weighted by Crippen LogP contribution is -2.45. The van der Waals surface area contributed by atoms with Gasteiger partial charge in [0, 0.05) is 23.0 Å². The van der Waals surface area contributed by atoms with Crippen LogP contribution in [0.5, 0.6) is 5.75 Å². The SMILES string of the molecule is CCCOc1ccc(-c2nn(-c3ccccc3)cc2C2NC(=O)NC(C)=C2C(=O)OCC)cc1C. The summed E-state index contributed by atoms with van der Waals surface area (Å²) in [5.74, 6) is 0.332. The van der Waals surface area contributed by atoms with E-state index in [-0.39, 0.29) is 6.61 Å². The van der Waals surface area contributed by atoms with E-state index in [0.717, 1.165) is 29.0 Å². The Hall–Kier alpha value is -4.07. The predicted molar refractivity (Wildman–Crippen MR) is 133 cm³/mol.